The lowest BCUT2D eigenvalue weighted by Gasteiger charge is -2.16. The van der Waals surface area contributed by atoms with Crippen LogP contribution in [0.25, 0.3) is 10.8 Å². The van der Waals surface area contributed by atoms with Gasteiger partial charge in [0.1, 0.15) is 11.9 Å². The van der Waals surface area contributed by atoms with Crippen molar-refractivity contribution in [3.05, 3.63) is 80.5 Å². The van der Waals surface area contributed by atoms with E-state index >= 15 is 0 Å². The molecule has 1 unspecified atom stereocenters. The molecular formula is C17H11Br2FO. The van der Waals surface area contributed by atoms with Crippen LogP contribution in [0.5, 0.6) is 0 Å². The van der Waals surface area contributed by atoms with Crippen LogP contribution in [0.3, 0.4) is 0 Å². The van der Waals surface area contributed by atoms with Crippen molar-refractivity contribution in [1.29, 1.82) is 0 Å². The maximum atomic E-state index is 13.7. The average molecular weight is 410 g/mol. The van der Waals surface area contributed by atoms with Gasteiger partial charge in [0.15, 0.2) is 0 Å². The standard InChI is InChI=1S/C17H11Br2FO/c18-14-9-8-12(10-4-1-2-5-11(10)14)17(21)13-6-3-7-15(20)16(13)19/h1-9,17,21H. The van der Waals surface area contributed by atoms with Crippen LogP contribution in [0.15, 0.2) is 63.5 Å². The molecule has 4 heteroatoms. The van der Waals surface area contributed by atoms with E-state index in [0.717, 1.165) is 20.8 Å². The first-order valence-electron chi connectivity index (χ1n) is 6.38. The number of benzene rings is 3. The molecule has 3 aromatic carbocycles. The van der Waals surface area contributed by atoms with Crippen LogP contribution in [-0.4, -0.2) is 5.11 Å². The minimum Gasteiger partial charge on any atom is -0.384 e. The molecule has 0 saturated heterocycles. The van der Waals surface area contributed by atoms with Gasteiger partial charge in [-0.2, -0.15) is 0 Å². The molecule has 3 rings (SSSR count). The van der Waals surface area contributed by atoms with Crippen molar-refractivity contribution in [3.8, 4) is 0 Å². The molecule has 0 aliphatic heterocycles. The Hall–Kier alpha value is -1.23. The van der Waals surface area contributed by atoms with Crippen molar-refractivity contribution in [1.82, 2.24) is 0 Å². The van der Waals surface area contributed by atoms with Gasteiger partial charge in [-0.15, -0.1) is 0 Å². The van der Waals surface area contributed by atoms with E-state index < -0.39 is 6.10 Å². The minimum atomic E-state index is -0.895. The van der Waals surface area contributed by atoms with E-state index in [1.54, 1.807) is 12.1 Å². The fourth-order valence-corrected chi connectivity index (χ4v) is 3.38. The number of halogens is 3. The summed E-state index contributed by atoms with van der Waals surface area (Å²) in [6, 6.07) is 16.2. The Bertz CT molecular complexity index is 817. The number of hydrogen-bond donors (Lipinski definition) is 1. The van der Waals surface area contributed by atoms with E-state index in [-0.39, 0.29) is 5.82 Å². The van der Waals surface area contributed by atoms with E-state index in [1.807, 2.05) is 36.4 Å². The molecule has 3 aromatic rings. The summed E-state index contributed by atoms with van der Waals surface area (Å²) in [6.07, 6.45) is -0.895. The first-order chi connectivity index (χ1) is 10.1. The molecule has 0 spiro atoms. The van der Waals surface area contributed by atoms with Crippen LogP contribution in [-0.2, 0) is 0 Å². The zero-order chi connectivity index (χ0) is 15.0. The fraction of sp³-hybridized carbons (Fsp3) is 0.0588. The molecule has 0 bridgehead atoms. The molecule has 0 fully saturated rings. The highest BCUT2D eigenvalue weighted by Gasteiger charge is 2.18. The molecule has 106 valence electrons. The molecule has 0 radical (unpaired) electrons. The summed E-state index contributed by atoms with van der Waals surface area (Å²) in [7, 11) is 0. The number of rotatable bonds is 2. The highest BCUT2D eigenvalue weighted by Crippen LogP contribution is 2.35. The van der Waals surface area contributed by atoms with Crippen molar-refractivity contribution < 1.29 is 9.50 Å². The highest BCUT2D eigenvalue weighted by molar-refractivity contribution is 9.11. The molecule has 21 heavy (non-hydrogen) atoms. The predicted octanol–water partition coefficient (Wildman–Crippen LogP) is 5.59. The topological polar surface area (TPSA) is 20.2 Å². The van der Waals surface area contributed by atoms with Gasteiger partial charge in [-0.25, -0.2) is 4.39 Å². The summed E-state index contributed by atoms with van der Waals surface area (Å²) in [6.45, 7) is 0. The van der Waals surface area contributed by atoms with Crippen molar-refractivity contribution in [2.24, 2.45) is 0 Å². The second-order valence-electron chi connectivity index (χ2n) is 4.73. The summed E-state index contributed by atoms with van der Waals surface area (Å²) in [5.41, 5.74) is 1.27. The second-order valence-corrected chi connectivity index (χ2v) is 6.38. The molecule has 0 amide bonds. The number of aliphatic hydroxyl groups excluding tert-OH is 1. The molecule has 0 heterocycles. The average Bonchev–Trinajstić information content (AvgIpc) is 2.50. The van der Waals surface area contributed by atoms with Crippen molar-refractivity contribution >= 4 is 42.6 Å². The minimum absolute atomic E-state index is 0.296. The van der Waals surface area contributed by atoms with E-state index in [1.165, 1.54) is 6.07 Å². The molecule has 0 saturated carbocycles. The summed E-state index contributed by atoms with van der Waals surface area (Å²) >= 11 is 6.72. The Morgan fingerprint density at radius 1 is 0.810 bits per heavy atom. The Morgan fingerprint density at radius 2 is 1.52 bits per heavy atom. The quantitative estimate of drug-likeness (QED) is 0.585. The first-order valence-corrected chi connectivity index (χ1v) is 7.97. The number of aliphatic hydroxyl groups is 1. The SMILES string of the molecule is OC(c1cccc(F)c1Br)c1ccc(Br)c2ccccc12. The Balaban J connectivity index is 2.21. The Morgan fingerprint density at radius 3 is 2.29 bits per heavy atom. The summed E-state index contributed by atoms with van der Waals surface area (Å²) in [5.74, 6) is -0.382. The molecule has 1 atom stereocenters. The normalized spacial score (nSPS) is 12.6. The molecule has 0 aromatic heterocycles. The maximum absolute atomic E-state index is 13.7. The van der Waals surface area contributed by atoms with Gasteiger partial charge in [-0.1, -0.05) is 58.4 Å². The second kappa shape index (κ2) is 5.87. The van der Waals surface area contributed by atoms with Crippen LogP contribution in [0, 0.1) is 5.82 Å². The van der Waals surface area contributed by atoms with Crippen molar-refractivity contribution in [2.45, 2.75) is 6.10 Å². The van der Waals surface area contributed by atoms with Gasteiger partial charge in [0.2, 0.25) is 0 Å². The van der Waals surface area contributed by atoms with Crippen LogP contribution < -0.4 is 0 Å². The van der Waals surface area contributed by atoms with Gasteiger partial charge in [0.05, 0.1) is 4.47 Å². The summed E-state index contributed by atoms with van der Waals surface area (Å²) in [5, 5.41) is 12.6. The van der Waals surface area contributed by atoms with Crippen LogP contribution in [0.2, 0.25) is 0 Å². The molecule has 0 aliphatic carbocycles. The van der Waals surface area contributed by atoms with Crippen LogP contribution in [0.1, 0.15) is 17.2 Å². The van der Waals surface area contributed by atoms with Crippen LogP contribution >= 0.6 is 31.9 Å². The van der Waals surface area contributed by atoms with Crippen molar-refractivity contribution in [3.63, 3.8) is 0 Å². The highest BCUT2D eigenvalue weighted by atomic mass is 79.9. The molecule has 1 N–H and O–H groups in total. The summed E-state index contributed by atoms with van der Waals surface area (Å²) in [4.78, 5) is 0. The first kappa shape index (κ1) is 14.7. The smallest absolute Gasteiger partial charge is 0.137 e. The zero-order valence-corrected chi connectivity index (χ0v) is 14.0. The number of fused-ring (bicyclic) bond motifs is 1. The third-order valence-corrected chi connectivity index (χ3v) is 5.00. The van der Waals surface area contributed by atoms with E-state index in [0.29, 0.717) is 10.0 Å². The van der Waals surface area contributed by atoms with Crippen molar-refractivity contribution in [2.75, 3.05) is 0 Å². The van der Waals surface area contributed by atoms with E-state index in [9.17, 15) is 9.50 Å². The van der Waals surface area contributed by atoms with Gasteiger partial charge in [0, 0.05) is 10.0 Å². The van der Waals surface area contributed by atoms with Gasteiger partial charge in [0.25, 0.3) is 0 Å². The monoisotopic (exact) mass is 408 g/mol. The predicted molar refractivity (Wildman–Crippen MR) is 89.8 cm³/mol. The van der Waals surface area contributed by atoms with Gasteiger partial charge in [-0.3, -0.25) is 0 Å². The molecule has 0 aliphatic rings. The maximum Gasteiger partial charge on any atom is 0.137 e. The van der Waals surface area contributed by atoms with Gasteiger partial charge in [-0.05, 0) is 44.4 Å². The lowest BCUT2D eigenvalue weighted by Crippen LogP contribution is -2.02. The largest absolute Gasteiger partial charge is 0.384 e. The van der Waals surface area contributed by atoms with Gasteiger partial charge >= 0.3 is 0 Å². The van der Waals surface area contributed by atoms with E-state index in [2.05, 4.69) is 31.9 Å². The number of hydrogen-bond acceptors (Lipinski definition) is 1. The Kier molecular flexibility index (Phi) is 4.11. The zero-order valence-electron chi connectivity index (χ0n) is 10.9. The van der Waals surface area contributed by atoms with Crippen LogP contribution in [0.4, 0.5) is 4.39 Å². The third-order valence-electron chi connectivity index (χ3n) is 3.48. The third kappa shape index (κ3) is 2.63. The summed E-state index contributed by atoms with van der Waals surface area (Å²) < 4.78 is 14.9. The Labute approximate surface area is 138 Å². The lowest BCUT2D eigenvalue weighted by atomic mass is 9.96. The molecule has 1 nitrogen and oxygen atoms in total. The lowest BCUT2D eigenvalue weighted by molar-refractivity contribution is 0.220. The fourth-order valence-electron chi connectivity index (χ4n) is 2.42. The van der Waals surface area contributed by atoms with Gasteiger partial charge < -0.3 is 5.11 Å². The van der Waals surface area contributed by atoms with E-state index in [4.69, 9.17) is 0 Å². The molecular weight excluding hydrogens is 399 g/mol.